The Hall–Kier alpha value is -3.31. The van der Waals surface area contributed by atoms with E-state index in [-0.39, 0.29) is 11.1 Å². The first-order valence-electron chi connectivity index (χ1n) is 10.8. The molecule has 0 heterocycles. The van der Waals surface area contributed by atoms with Crippen LogP contribution in [-0.2, 0) is 0 Å². The van der Waals surface area contributed by atoms with E-state index in [0.29, 0.717) is 0 Å². The third-order valence-electron chi connectivity index (χ3n) is 4.63. The van der Waals surface area contributed by atoms with Gasteiger partial charge in [-0.2, -0.15) is 0 Å². The van der Waals surface area contributed by atoms with Crippen molar-refractivity contribution in [1.29, 1.82) is 0 Å². The van der Waals surface area contributed by atoms with E-state index in [1.54, 1.807) is 0 Å². The van der Waals surface area contributed by atoms with Gasteiger partial charge in [0.05, 0.1) is 11.2 Å². The number of aliphatic imine (C=N–C) groups is 1. The van der Waals surface area contributed by atoms with Crippen molar-refractivity contribution in [3.8, 4) is 11.8 Å². The van der Waals surface area contributed by atoms with Crippen molar-refractivity contribution in [2.24, 2.45) is 4.99 Å². The fourth-order valence-corrected chi connectivity index (χ4v) is 3.48. The number of benzene rings is 3. The first-order valence-corrected chi connectivity index (χ1v) is 10.8. The van der Waals surface area contributed by atoms with Crippen LogP contribution in [0.3, 0.4) is 0 Å². The molecule has 0 bridgehead atoms. The summed E-state index contributed by atoms with van der Waals surface area (Å²) < 4.78 is 0. The molecular weight excluding hydrogens is 376 g/mol. The lowest BCUT2D eigenvalue weighted by Crippen LogP contribution is -2.38. The average molecular weight is 409 g/mol. The van der Waals surface area contributed by atoms with E-state index in [2.05, 4.69) is 107 Å². The molecule has 31 heavy (non-hydrogen) atoms. The maximum atomic E-state index is 5.03. The van der Waals surface area contributed by atoms with Crippen LogP contribution in [0.4, 0.5) is 11.4 Å². The van der Waals surface area contributed by atoms with Gasteiger partial charge in [0.15, 0.2) is 0 Å². The summed E-state index contributed by atoms with van der Waals surface area (Å²) in [6, 6.07) is 29.0. The highest BCUT2D eigenvalue weighted by molar-refractivity contribution is 6.17. The van der Waals surface area contributed by atoms with Gasteiger partial charge in [0.2, 0.25) is 0 Å². The van der Waals surface area contributed by atoms with Gasteiger partial charge in [-0.15, -0.1) is 0 Å². The molecule has 0 saturated carbocycles. The molecule has 0 atom stereocenters. The lowest BCUT2D eigenvalue weighted by molar-refractivity contribution is 0.560. The van der Waals surface area contributed by atoms with Crippen LogP contribution in [0.5, 0.6) is 0 Å². The second-order valence-electron chi connectivity index (χ2n) is 9.61. The number of hydrogen-bond acceptors (Lipinski definition) is 2. The second-order valence-corrected chi connectivity index (χ2v) is 9.61. The highest BCUT2D eigenvalue weighted by Gasteiger charge is 2.26. The van der Waals surface area contributed by atoms with Crippen LogP contribution in [0.1, 0.15) is 52.7 Å². The number of rotatable bonds is 3. The Labute approximate surface area is 187 Å². The summed E-state index contributed by atoms with van der Waals surface area (Å²) in [6.07, 6.45) is 0. The summed E-state index contributed by atoms with van der Waals surface area (Å²) in [5, 5.41) is 0. The third-order valence-corrected chi connectivity index (χ3v) is 4.63. The second kappa shape index (κ2) is 9.23. The predicted molar refractivity (Wildman–Crippen MR) is 134 cm³/mol. The third kappa shape index (κ3) is 6.09. The summed E-state index contributed by atoms with van der Waals surface area (Å²) >= 11 is 0. The van der Waals surface area contributed by atoms with E-state index in [1.165, 1.54) is 0 Å². The fraction of sp³-hybridized carbons (Fsp3) is 0.276. The number of anilines is 2. The molecule has 0 saturated heterocycles. The zero-order chi connectivity index (χ0) is 22.5. The maximum Gasteiger partial charge on any atom is 0.117 e. The van der Waals surface area contributed by atoms with Crippen LogP contribution in [0.2, 0.25) is 0 Å². The molecule has 0 spiro atoms. The van der Waals surface area contributed by atoms with Gasteiger partial charge < -0.3 is 4.90 Å². The first-order chi connectivity index (χ1) is 14.6. The van der Waals surface area contributed by atoms with Crippen LogP contribution < -0.4 is 4.90 Å². The van der Waals surface area contributed by atoms with Gasteiger partial charge in [-0.1, -0.05) is 60.5 Å². The standard InChI is InChI=1S/C29H32N2/c1-28(2,3)30-26(22-21-23-15-9-7-10-16-23)25-19-13-14-20-27(25)31(29(4,5)6)24-17-11-8-12-18-24/h7-20H,1-6H3. The monoisotopic (exact) mass is 408 g/mol. The lowest BCUT2D eigenvalue weighted by atomic mass is 9.98. The zero-order valence-corrected chi connectivity index (χ0v) is 19.5. The normalized spacial score (nSPS) is 12.1. The molecule has 0 unspecified atom stereocenters. The highest BCUT2D eigenvalue weighted by Crippen LogP contribution is 2.35. The Balaban J connectivity index is 2.20. The quantitative estimate of drug-likeness (QED) is 0.329. The molecule has 0 aliphatic rings. The molecule has 2 nitrogen and oxygen atoms in total. The van der Waals surface area contributed by atoms with E-state index >= 15 is 0 Å². The molecule has 0 aromatic heterocycles. The van der Waals surface area contributed by atoms with Crippen molar-refractivity contribution in [1.82, 2.24) is 0 Å². The Bertz CT molecular complexity index is 1090. The minimum atomic E-state index is -0.243. The molecule has 3 aromatic carbocycles. The summed E-state index contributed by atoms with van der Waals surface area (Å²) in [4.78, 5) is 7.40. The smallest absolute Gasteiger partial charge is 0.117 e. The van der Waals surface area contributed by atoms with Crippen molar-refractivity contribution in [3.63, 3.8) is 0 Å². The summed E-state index contributed by atoms with van der Waals surface area (Å²) in [5.74, 6) is 6.69. The molecule has 3 aromatic rings. The van der Waals surface area contributed by atoms with Gasteiger partial charge >= 0.3 is 0 Å². The lowest BCUT2D eigenvalue weighted by Gasteiger charge is -2.39. The van der Waals surface area contributed by atoms with Crippen molar-refractivity contribution in [2.75, 3.05) is 4.90 Å². The Kier molecular flexibility index (Phi) is 6.66. The van der Waals surface area contributed by atoms with E-state index < -0.39 is 0 Å². The minimum absolute atomic E-state index is 0.128. The minimum Gasteiger partial charge on any atom is -0.336 e. The molecule has 0 aliphatic heterocycles. The molecular formula is C29H32N2. The van der Waals surface area contributed by atoms with Crippen molar-refractivity contribution in [2.45, 2.75) is 52.6 Å². The predicted octanol–water partition coefficient (Wildman–Crippen LogP) is 7.26. The van der Waals surface area contributed by atoms with E-state index in [9.17, 15) is 0 Å². The maximum absolute atomic E-state index is 5.03. The number of para-hydroxylation sites is 2. The van der Waals surface area contributed by atoms with Crippen molar-refractivity contribution >= 4 is 17.1 Å². The van der Waals surface area contributed by atoms with Crippen LogP contribution in [0.25, 0.3) is 0 Å². The molecule has 0 amide bonds. The topological polar surface area (TPSA) is 15.6 Å². The van der Waals surface area contributed by atoms with E-state index in [0.717, 1.165) is 28.2 Å². The van der Waals surface area contributed by atoms with Crippen molar-refractivity contribution in [3.05, 3.63) is 96.1 Å². The van der Waals surface area contributed by atoms with Gasteiger partial charge in [-0.3, -0.25) is 4.99 Å². The van der Waals surface area contributed by atoms with Crippen molar-refractivity contribution < 1.29 is 0 Å². The van der Waals surface area contributed by atoms with Crippen LogP contribution >= 0.6 is 0 Å². The molecule has 3 rings (SSSR count). The summed E-state index contributed by atoms with van der Waals surface area (Å²) in [7, 11) is 0. The first kappa shape index (κ1) is 22.4. The van der Waals surface area contributed by atoms with Crippen LogP contribution in [-0.4, -0.2) is 16.8 Å². The highest BCUT2D eigenvalue weighted by atomic mass is 15.2. The number of hydrogen-bond donors (Lipinski definition) is 0. The SMILES string of the molecule is CC(C)(C)N=C(C#Cc1ccccc1)c1ccccc1N(c1ccccc1)C(C)(C)C. The average Bonchev–Trinajstić information content (AvgIpc) is 2.71. The van der Waals surface area contributed by atoms with E-state index in [4.69, 9.17) is 4.99 Å². The number of nitrogens with zero attached hydrogens (tertiary/aromatic N) is 2. The Morgan fingerprint density at radius 3 is 1.84 bits per heavy atom. The fourth-order valence-electron chi connectivity index (χ4n) is 3.48. The molecule has 0 radical (unpaired) electrons. The van der Waals surface area contributed by atoms with Crippen LogP contribution in [0.15, 0.2) is 89.9 Å². The van der Waals surface area contributed by atoms with Gasteiger partial charge in [-0.05, 0) is 77.8 Å². The summed E-state index contributed by atoms with van der Waals surface area (Å²) in [5.41, 5.74) is 4.71. The van der Waals surface area contributed by atoms with Crippen LogP contribution in [0, 0.1) is 11.8 Å². The molecule has 0 fully saturated rings. The Morgan fingerprint density at radius 2 is 1.26 bits per heavy atom. The van der Waals surface area contributed by atoms with Gasteiger partial charge in [0, 0.05) is 22.4 Å². The summed E-state index contributed by atoms with van der Waals surface area (Å²) in [6.45, 7) is 13.0. The molecule has 0 aliphatic carbocycles. The van der Waals surface area contributed by atoms with Gasteiger partial charge in [0.1, 0.15) is 5.71 Å². The Morgan fingerprint density at radius 1 is 0.710 bits per heavy atom. The van der Waals surface area contributed by atoms with Gasteiger partial charge in [0.25, 0.3) is 0 Å². The molecule has 2 heteroatoms. The zero-order valence-electron chi connectivity index (χ0n) is 19.5. The largest absolute Gasteiger partial charge is 0.336 e. The van der Waals surface area contributed by atoms with E-state index in [1.807, 2.05) is 36.4 Å². The van der Waals surface area contributed by atoms with Gasteiger partial charge in [-0.25, -0.2) is 0 Å². The molecule has 0 N–H and O–H groups in total. The molecule has 158 valence electrons.